The predicted octanol–water partition coefficient (Wildman–Crippen LogP) is 2.01. The van der Waals surface area contributed by atoms with Crippen molar-refractivity contribution in [3.8, 4) is 0 Å². The van der Waals surface area contributed by atoms with Gasteiger partial charge in [-0.1, -0.05) is 0 Å². The number of hydrogen-bond donors (Lipinski definition) is 1. The molecule has 0 radical (unpaired) electrons. The molecule has 0 fully saturated rings. The monoisotopic (exact) mass is 267 g/mol. The van der Waals surface area contributed by atoms with Crippen molar-refractivity contribution in [3.63, 3.8) is 0 Å². The molecule has 0 saturated heterocycles. The van der Waals surface area contributed by atoms with E-state index in [0.29, 0.717) is 0 Å². The van der Waals surface area contributed by atoms with E-state index in [9.17, 15) is 0 Å². The average Bonchev–Trinajstić information content (AvgIpc) is 2.33. The molecule has 0 saturated carbocycles. The molecule has 1 aromatic rings. The van der Waals surface area contributed by atoms with Gasteiger partial charge in [0, 0.05) is 11.4 Å². The molecule has 3 heteroatoms. The molecule has 2 rings (SSSR count). The first kappa shape index (κ1) is 8.49. The van der Waals surface area contributed by atoms with Gasteiger partial charge in [0.25, 0.3) is 0 Å². The molecule has 1 N–H and O–H groups in total. The number of hydrogen-bond acceptors (Lipinski definition) is 2. The maximum atomic E-state index is 3.34. The summed E-state index contributed by atoms with van der Waals surface area (Å²) < 4.78 is 0. The summed E-state index contributed by atoms with van der Waals surface area (Å²) in [5, 5.41) is 5.52. The lowest BCUT2D eigenvalue weighted by molar-refractivity contribution is 0.654. The van der Waals surface area contributed by atoms with Gasteiger partial charge < -0.3 is 5.32 Å². The lowest BCUT2D eigenvalue weighted by Gasteiger charge is -2.10. The minimum absolute atomic E-state index is 0. The van der Waals surface area contributed by atoms with Crippen molar-refractivity contribution in [2.24, 2.45) is 0 Å². The fourth-order valence-electron chi connectivity index (χ4n) is 1.17. The van der Waals surface area contributed by atoms with Gasteiger partial charge in [0.2, 0.25) is 0 Å². The number of nitrogens with one attached hydrogen (secondary N) is 1. The molecular formula is C7H10INS. The van der Waals surface area contributed by atoms with E-state index < -0.39 is 0 Å². The first-order valence-corrected chi connectivity index (χ1v) is 4.11. The maximum absolute atomic E-state index is 3.34. The van der Waals surface area contributed by atoms with Crippen molar-refractivity contribution in [3.05, 3.63) is 21.9 Å². The molecule has 0 unspecified atom stereocenters. The zero-order valence-corrected chi connectivity index (χ0v) is 8.74. The van der Waals surface area contributed by atoms with Gasteiger partial charge in [-0.2, -0.15) is 0 Å². The third-order valence-corrected chi connectivity index (χ3v) is 2.66. The second-order valence-corrected chi connectivity index (χ2v) is 3.30. The van der Waals surface area contributed by atoms with Crippen LogP contribution < -0.4 is 5.32 Å². The number of thiophene rings is 1. The van der Waals surface area contributed by atoms with E-state index >= 15 is 0 Å². The van der Waals surface area contributed by atoms with Crippen LogP contribution in [0.15, 0.2) is 11.4 Å². The molecule has 1 aliphatic heterocycles. The van der Waals surface area contributed by atoms with Crippen molar-refractivity contribution >= 4 is 35.3 Å². The molecule has 1 aromatic heterocycles. The highest BCUT2D eigenvalue weighted by molar-refractivity contribution is 14.0. The Balaban J connectivity index is 0.000000500. The minimum Gasteiger partial charge on any atom is -0.312 e. The maximum Gasteiger partial charge on any atom is 0.0302 e. The van der Waals surface area contributed by atoms with E-state index in [2.05, 4.69) is 16.8 Å². The van der Waals surface area contributed by atoms with Crippen LogP contribution in [0.25, 0.3) is 0 Å². The van der Waals surface area contributed by atoms with Crippen LogP contribution in [-0.4, -0.2) is 6.54 Å². The van der Waals surface area contributed by atoms with Crippen molar-refractivity contribution < 1.29 is 0 Å². The van der Waals surface area contributed by atoms with Crippen LogP contribution in [0.4, 0.5) is 0 Å². The van der Waals surface area contributed by atoms with Crippen LogP contribution >= 0.6 is 35.3 Å². The molecule has 0 spiro atoms. The topological polar surface area (TPSA) is 12.0 Å². The second kappa shape index (κ2) is 3.69. The fraction of sp³-hybridized carbons (Fsp3) is 0.429. The summed E-state index contributed by atoms with van der Waals surface area (Å²) in [5.41, 5.74) is 1.55. The average molecular weight is 267 g/mol. The van der Waals surface area contributed by atoms with Crippen molar-refractivity contribution in [2.75, 3.05) is 6.54 Å². The second-order valence-electron chi connectivity index (χ2n) is 2.30. The van der Waals surface area contributed by atoms with Crippen LogP contribution in [0.3, 0.4) is 0 Å². The van der Waals surface area contributed by atoms with Gasteiger partial charge in [-0.05, 0) is 30.0 Å². The molecule has 2 heterocycles. The van der Waals surface area contributed by atoms with Crippen LogP contribution in [0, 0.1) is 0 Å². The van der Waals surface area contributed by atoms with Gasteiger partial charge in [-0.3, -0.25) is 0 Å². The van der Waals surface area contributed by atoms with Crippen LogP contribution in [-0.2, 0) is 13.0 Å². The Labute approximate surface area is 81.9 Å². The zero-order chi connectivity index (χ0) is 6.10. The molecule has 10 heavy (non-hydrogen) atoms. The molecule has 1 aliphatic rings. The molecule has 0 aliphatic carbocycles. The van der Waals surface area contributed by atoms with E-state index in [-0.39, 0.29) is 24.0 Å². The summed E-state index contributed by atoms with van der Waals surface area (Å²) >= 11 is 1.86. The summed E-state index contributed by atoms with van der Waals surface area (Å²) in [7, 11) is 0. The van der Waals surface area contributed by atoms with E-state index in [1.54, 1.807) is 5.56 Å². The van der Waals surface area contributed by atoms with Crippen LogP contribution in [0.5, 0.6) is 0 Å². The summed E-state index contributed by atoms with van der Waals surface area (Å²) in [6, 6.07) is 2.24. The summed E-state index contributed by atoms with van der Waals surface area (Å²) in [6.45, 7) is 2.25. The molecule has 0 atom stereocenters. The Morgan fingerprint density at radius 1 is 1.50 bits per heavy atom. The Kier molecular flexibility index (Phi) is 3.13. The highest BCUT2D eigenvalue weighted by atomic mass is 127. The van der Waals surface area contributed by atoms with E-state index in [0.717, 1.165) is 13.1 Å². The zero-order valence-electron chi connectivity index (χ0n) is 5.59. The highest BCUT2D eigenvalue weighted by Gasteiger charge is 2.07. The molecular weight excluding hydrogens is 257 g/mol. The third kappa shape index (κ3) is 1.52. The lowest BCUT2D eigenvalue weighted by atomic mass is 10.1. The molecule has 0 bridgehead atoms. The Morgan fingerprint density at radius 2 is 2.40 bits per heavy atom. The molecule has 56 valence electrons. The summed E-state index contributed by atoms with van der Waals surface area (Å²) in [6.07, 6.45) is 1.22. The van der Waals surface area contributed by atoms with Crippen molar-refractivity contribution in [1.82, 2.24) is 5.32 Å². The van der Waals surface area contributed by atoms with Gasteiger partial charge in [0.15, 0.2) is 0 Å². The van der Waals surface area contributed by atoms with Crippen LogP contribution in [0.2, 0.25) is 0 Å². The molecule has 0 amide bonds. The molecule has 0 aromatic carbocycles. The smallest absolute Gasteiger partial charge is 0.0302 e. The van der Waals surface area contributed by atoms with E-state index in [1.807, 2.05) is 11.3 Å². The predicted molar refractivity (Wildman–Crippen MR) is 55.1 cm³/mol. The first-order valence-electron chi connectivity index (χ1n) is 3.23. The standard InChI is InChI=1S/C7H9NS.HI/c1-3-8-5-7-6(1)2-4-9-7;/h2,4,8H,1,3,5H2;1H. The Bertz CT molecular complexity index is 189. The van der Waals surface area contributed by atoms with Crippen molar-refractivity contribution in [1.29, 1.82) is 0 Å². The SMILES string of the molecule is I.c1cc2c(s1)CNCC2. The first-order chi connectivity index (χ1) is 4.47. The van der Waals surface area contributed by atoms with Gasteiger partial charge in [0.1, 0.15) is 0 Å². The quantitative estimate of drug-likeness (QED) is 0.709. The minimum atomic E-state index is 0. The third-order valence-electron chi connectivity index (χ3n) is 1.69. The number of halogens is 1. The van der Waals surface area contributed by atoms with Crippen LogP contribution in [0.1, 0.15) is 10.4 Å². The summed E-state index contributed by atoms with van der Waals surface area (Å²) in [5.74, 6) is 0. The number of fused-ring (bicyclic) bond motifs is 1. The lowest BCUT2D eigenvalue weighted by Crippen LogP contribution is -2.21. The normalized spacial score (nSPS) is 15.6. The largest absolute Gasteiger partial charge is 0.312 e. The number of rotatable bonds is 0. The van der Waals surface area contributed by atoms with Gasteiger partial charge in [-0.25, -0.2) is 0 Å². The Morgan fingerprint density at radius 3 is 3.20 bits per heavy atom. The van der Waals surface area contributed by atoms with Crippen molar-refractivity contribution in [2.45, 2.75) is 13.0 Å². The Hall–Kier alpha value is 0.390. The highest BCUT2D eigenvalue weighted by Crippen LogP contribution is 2.19. The van der Waals surface area contributed by atoms with Gasteiger partial charge in [0.05, 0.1) is 0 Å². The van der Waals surface area contributed by atoms with E-state index in [4.69, 9.17) is 0 Å². The summed E-state index contributed by atoms with van der Waals surface area (Å²) in [4.78, 5) is 1.53. The van der Waals surface area contributed by atoms with E-state index in [1.165, 1.54) is 11.3 Å². The van der Waals surface area contributed by atoms with Gasteiger partial charge >= 0.3 is 0 Å². The fourth-order valence-corrected chi connectivity index (χ4v) is 2.07. The van der Waals surface area contributed by atoms with Gasteiger partial charge in [-0.15, -0.1) is 35.3 Å². The molecule has 1 nitrogen and oxygen atoms in total.